The second-order valence-electron chi connectivity index (χ2n) is 4.88. The first kappa shape index (κ1) is 8.74. The minimum Gasteiger partial charge on any atom is -0.257 e. The average Bonchev–Trinajstić information content (AvgIpc) is 2.45. The van der Waals surface area contributed by atoms with E-state index in [1.807, 2.05) is 0 Å². The highest BCUT2D eigenvalue weighted by Crippen LogP contribution is 2.38. The van der Waals surface area contributed by atoms with Gasteiger partial charge in [0.15, 0.2) is 0 Å². The molecule has 70 valence electrons. The van der Waals surface area contributed by atoms with Crippen LogP contribution in [-0.4, -0.2) is 6.21 Å². The molecule has 1 heteroatoms. The van der Waals surface area contributed by atoms with Crippen molar-refractivity contribution in [2.45, 2.75) is 40.0 Å². The van der Waals surface area contributed by atoms with Crippen LogP contribution in [0.3, 0.4) is 0 Å². The number of aliphatic imine (C=N–C) groups is 1. The number of nitrogens with zero attached hydrogens (tertiary/aromatic N) is 1. The largest absolute Gasteiger partial charge is 0.257 e. The fourth-order valence-electron chi connectivity index (χ4n) is 2.03. The quantitative estimate of drug-likeness (QED) is 0.534. The van der Waals surface area contributed by atoms with Crippen molar-refractivity contribution in [3.63, 3.8) is 0 Å². The highest BCUT2D eigenvalue weighted by molar-refractivity contribution is 5.87. The lowest BCUT2D eigenvalue weighted by atomic mass is 9.82. The molecule has 0 spiro atoms. The van der Waals surface area contributed by atoms with Crippen molar-refractivity contribution in [1.82, 2.24) is 0 Å². The summed E-state index contributed by atoms with van der Waals surface area (Å²) in [7, 11) is 0. The van der Waals surface area contributed by atoms with E-state index in [0.29, 0.717) is 0 Å². The van der Waals surface area contributed by atoms with E-state index in [-0.39, 0.29) is 5.41 Å². The summed E-state index contributed by atoms with van der Waals surface area (Å²) in [6.45, 7) is 6.79. The van der Waals surface area contributed by atoms with Crippen LogP contribution < -0.4 is 0 Å². The fourth-order valence-corrected chi connectivity index (χ4v) is 2.03. The summed E-state index contributed by atoms with van der Waals surface area (Å²) in [5.74, 6) is 0. The first-order valence-corrected chi connectivity index (χ1v) is 5.07. The van der Waals surface area contributed by atoms with Gasteiger partial charge in [0.05, 0.1) is 5.70 Å². The Morgan fingerprint density at radius 2 is 2.08 bits per heavy atom. The van der Waals surface area contributed by atoms with Crippen LogP contribution in [0.2, 0.25) is 0 Å². The van der Waals surface area contributed by atoms with E-state index in [0.717, 1.165) is 0 Å². The van der Waals surface area contributed by atoms with Gasteiger partial charge in [-0.3, -0.25) is 4.99 Å². The second-order valence-corrected chi connectivity index (χ2v) is 4.88. The Morgan fingerprint density at radius 3 is 2.77 bits per heavy atom. The molecule has 0 N–H and O–H groups in total. The van der Waals surface area contributed by atoms with Crippen molar-refractivity contribution in [2.75, 3.05) is 0 Å². The monoisotopic (exact) mass is 175 g/mol. The summed E-state index contributed by atoms with van der Waals surface area (Å²) in [6.07, 6.45) is 8.05. The van der Waals surface area contributed by atoms with Crippen molar-refractivity contribution in [3.05, 3.63) is 22.9 Å². The highest BCUT2D eigenvalue weighted by atomic mass is 14.8. The molecule has 2 rings (SSSR count). The molecule has 0 aromatic carbocycles. The maximum atomic E-state index is 4.47. The van der Waals surface area contributed by atoms with Crippen molar-refractivity contribution < 1.29 is 0 Å². The number of hydrogen-bond acceptors (Lipinski definition) is 1. The molecule has 0 bridgehead atoms. The summed E-state index contributed by atoms with van der Waals surface area (Å²) in [5.41, 5.74) is 4.44. The Bertz CT molecular complexity index is 311. The molecule has 0 saturated heterocycles. The zero-order valence-corrected chi connectivity index (χ0v) is 8.72. The minimum absolute atomic E-state index is 0.256. The molecule has 2 aliphatic rings. The lowest BCUT2D eigenvalue weighted by molar-refractivity contribution is 0.521. The molecule has 1 aliphatic carbocycles. The molecule has 0 aromatic rings. The van der Waals surface area contributed by atoms with Crippen LogP contribution in [0.15, 0.2) is 27.9 Å². The van der Waals surface area contributed by atoms with E-state index in [1.54, 1.807) is 0 Å². The van der Waals surface area contributed by atoms with Gasteiger partial charge in [0.1, 0.15) is 0 Å². The van der Waals surface area contributed by atoms with E-state index in [9.17, 15) is 0 Å². The Morgan fingerprint density at radius 1 is 1.31 bits per heavy atom. The van der Waals surface area contributed by atoms with Crippen LogP contribution >= 0.6 is 0 Å². The van der Waals surface area contributed by atoms with Crippen molar-refractivity contribution >= 4 is 6.21 Å². The maximum absolute atomic E-state index is 4.47. The van der Waals surface area contributed by atoms with E-state index in [1.165, 1.54) is 36.1 Å². The topological polar surface area (TPSA) is 12.4 Å². The molecule has 0 aromatic heterocycles. The van der Waals surface area contributed by atoms with Gasteiger partial charge in [-0.25, -0.2) is 0 Å². The molecule has 0 unspecified atom stereocenters. The normalized spacial score (nSPS) is 21.9. The average molecular weight is 175 g/mol. The Balaban J connectivity index is 2.44. The smallest absolute Gasteiger partial charge is 0.0625 e. The lowest BCUT2D eigenvalue weighted by Crippen LogP contribution is -2.11. The third-order valence-electron chi connectivity index (χ3n) is 2.74. The molecule has 1 heterocycles. The molecular formula is C12H17N. The Hall–Kier alpha value is -0.850. The zero-order valence-electron chi connectivity index (χ0n) is 8.72. The van der Waals surface area contributed by atoms with Gasteiger partial charge in [0, 0.05) is 6.21 Å². The number of hydrogen-bond donors (Lipinski definition) is 0. The Kier molecular flexibility index (Phi) is 1.90. The van der Waals surface area contributed by atoms with Crippen molar-refractivity contribution in [1.29, 1.82) is 0 Å². The molecule has 0 atom stereocenters. The molecule has 1 aliphatic heterocycles. The summed E-state index contributed by atoms with van der Waals surface area (Å²) in [5, 5.41) is 0. The van der Waals surface area contributed by atoms with Crippen LogP contribution in [-0.2, 0) is 0 Å². The first-order chi connectivity index (χ1) is 6.09. The van der Waals surface area contributed by atoms with Gasteiger partial charge in [-0.05, 0) is 35.8 Å². The summed E-state index contributed by atoms with van der Waals surface area (Å²) in [4.78, 5) is 4.47. The van der Waals surface area contributed by atoms with Gasteiger partial charge in [-0.1, -0.05) is 26.8 Å². The van der Waals surface area contributed by atoms with Gasteiger partial charge in [-0.15, -0.1) is 0 Å². The van der Waals surface area contributed by atoms with Gasteiger partial charge < -0.3 is 0 Å². The predicted molar refractivity (Wildman–Crippen MR) is 56.9 cm³/mol. The second kappa shape index (κ2) is 2.83. The van der Waals surface area contributed by atoms with E-state index >= 15 is 0 Å². The predicted octanol–water partition coefficient (Wildman–Crippen LogP) is 3.48. The van der Waals surface area contributed by atoms with E-state index < -0.39 is 0 Å². The SMILES string of the molecule is CC(C)(C)C1=C2CCCC=C2N=C1. The van der Waals surface area contributed by atoms with E-state index in [2.05, 4.69) is 38.1 Å². The Labute approximate surface area is 80.3 Å². The molecule has 0 saturated carbocycles. The number of fused-ring (bicyclic) bond motifs is 1. The fraction of sp³-hybridized carbons (Fsp3) is 0.583. The summed E-state index contributed by atoms with van der Waals surface area (Å²) in [6, 6.07) is 0. The molecule has 1 nitrogen and oxygen atoms in total. The third kappa shape index (κ3) is 1.48. The van der Waals surface area contributed by atoms with Gasteiger partial charge in [-0.2, -0.15) is 0 Å². The van der Waals surface area contributed by atoms with E-state index in [4.69, 9.17) is 0 Å². The van der Waals surface area contributed by atoms with Crippen molar-refractivity contribution in [2.24, 2.45) is 10.4 Å². The summed E-state index contributed by atoms with van der Waals surface area (Å²) < 4.78 is 0. The number of allylic oxidation sites excluding steroid dienone is 3. The zero-order chi connectivity index (χ0) is 9.47. The molecule has 0 fully saturated rings. The first-order valence-electron chi connectivity index (χ1n) is 5.07. The molecule has 13 heavy (non-hydrogen) atoms. The maximum Gasteiger partial charge on any atom is 0.0625 e. The molecule has 0 amide bonds. The summed E-state index contributed by atoms with van der Waals surface area (Å²) >= 11 is 0. The van der Waals surface area contributed by atoms with Gasteiger partial charge in [0.2, 0.25) is 0 Å². The molecule has 0 radical (unpaired) electrons. The number of rotatable bonds is 0. The third-order valence-corrected chi connectivity index (χ3v) is 2.74. The van der Waals surface area contributed by atoms with Crippen LogP contribution in [0.25, 0.3) is 0 Å². The van der Waals surface area contributed by atoms with Crippen LogP contribution in [0.5, 0.6) is 0 Å². The van der Waals surface area contributed by atoms with Crippen LogP contribution in [0.1, 0.15) is 40.0 Å². The van der Waals surface area contributed by atoms with Crippen LogP contribution in [0.4, 0.5) is 0 Å². The van der Waals surface area contributed by atoms with Crippen molar-refractivity contribution in [3.8, 4) is 0 Å². The minimum atomic E-state index is 0.256. The van der Waals surface area contributed by atoms with Gasteiger partial charge in [0.25, 0.3) is 0 Å². The lowest BCUT2D eigenvalue weighted by Gasteiger charge is -2.21. The molecular weight excluding hydrogens is 158 g/mol. The van der Waals surface area contributed by atoms with Gasteiger partial charge >= 0.3 is 0 Å². The highest BCUT2D eigenvalue weighted by Gasteiger charge is 2.26. The van der Waals surface area contributed by atoms with Crippen LogP contribution in [0, 0.1) is 5.41 Å². The standard InChI is InChI=1S/C12H17N/c1-12(2,3)10-8-13-11-7-5-4-6-9(10)11/h7-8H,4-6H2,1-3H3.